The van der Waals surface area contributed by atoms with E-state index < -0.39 is 0 Å². The summed E-state index contributed by atoms with van der Waals surface area (Å²) in [5, 5.41) is 0. The van der Waals surface area contributed by atoms with Crippen LogP contribution in [0, 0.1) is 0 Å². The number of rotatable bonds is 2. The van der Waals surface area contributed by atoms with Crippen molar-refractivity contribution < 1.29 is 0 Å². The Morgan fingerprint density at radius 1 is 1.05 bits per heavy atom. The summed E-state index contributed by atoms with van der Waals surface area (Å²) in [6.45, 7) is 0. The maximum atomic E-state index is 4.59. The first kappa shape index (κ1) is 12.3. The van der Waals surface area contributed by atoms with E-state index >= 15 is 0 Å². The van der Waals surface area contributed by atoms with Crippen molar-refractivity contribution in [2.45, 2.75) is 25.7 Å². The van der Waals surface area contributed by atoms with Gasteiger partial charge in [-0.2, -0.15) is 0 Å². The maximum absolute atomic E-state index is 4.59. The predicted molar refractivity (Wildman–Crippen MR) is 83.1 cm³/mol. The molecule has 4 nitrogen and oxygen atoms in total. The Morgan fingerprint density at radius 2 is 1.95 bits per heavy atom. The first-order valence-electron chi connectivity index (χ1n) is 7.36. The van der Waals surface area contributed by atoms with Crippen molar-refractivity contribution in [1.29, 1.82) is 0 Å². The molecule has 104 valence electrons. The van der Waals surface area contributed by atoms with Crippen molar-refractivity contribution >= 4 is 16.6 Å². The third-order valence-corrected chi connectivity index (χ3v) is 3.97. The fourth-order valence-corrected chi connectivity index (χ4v) is 2.88. The van der Waals surface area contributed by atoms with Crippen LogP contribution in [0.4, 0.5) is 0 Å². The zero-order valence-corrected chi connectivity index (χ0v) is 11.7. The molecule has 1 aliphatic rings. The molecule has 0 amide bonds. The van der Waals surface area contributed by atoms with Crippen LogP contribution >= 0.6 is 0 Å². The Bertz CT molecular complexity index is 802. The average Bonchev–Trinajstić information content (AvgIpc) is 2.99. The average molecular weight is 276 g/mol. The van der Waals surface area contributed by atoms with Crippen molar-refractivity contribution in [3.63, 3.8) is 0 Å². The second-order valence-corrected chi connectivity index (χ2v) is 5.34. The second-order valence-electron chi connectivity index (χ2n) is 5.34. The van der Waals surface area contributed by atoms with E-state index in [0.717, 1.165) is 17.5 Å². The van der Waals surface area contributed by atoms with Gasteiger partial charge in [0.25, 0.3) is 0 Å². The van der Waals surface area contributed by atoms with Crippen LogP contribution in [0.15, 0.2) is 49.1 Å². The number of pyridine rings is 1. The lowest BCUT2D eigenvalue weighted by Crippen LogP contribution is -1.99. The Labute approximate surface area is 123 Å². The fourth-order valence-electron chi connectivity index (χ4n) is 2.88. The third kappa shape index (κ3) is 2.23. The highest BCUT2D eigenvalue weighted by Gasteiger charge is 2.11. The molecule has 3 aromatic heterocycles. The number of allylic oxidation sites excluding steroid dienone is 2. The van der Waals surface area contributed by atoms with Gasteiger partial charge in [-0.3, -0.25) is 9.55 Å². The van der Waals surface area contributed by atoms with Crippen LogP contribution in [-0.2, 0) is 0 Å². The van der Waals surface area contributed by atoms with Gasteiger partial charge in [-0.05, 0) is 55.0 Å². The summed E-state index contributed by atoms with van der Waals surface area (Å²) in [5.41, 5.74) is 4.67. The van der Waals surface area contributed by atoms with Crippen molar-refractivity contribution in [2.24, 2.45) is 0 Å². The molecular formula is C17H16N4. The maximum Gasteiger partial charge on any atom is 0.234 e. The van der Waals surface area contributed by atoms with Crippen LogP contribution in [0.5, 0.6) is 0 Å². The van der Waals surface area contributed by atoms with Gasteiger partial charge in [0.05, 0.1) is 11.0 Å². The lowest BCUT2D eigenvalue weighted by Gasteiger charge is -2.13. The first-order chi connectivity index (χ1) is 10.4. The molecule has 0 aromatic carbocycles. The number of hydrogen-bond acceptors (Lipinski definition) is 3. The summed E-state index contributed by atoms with van der Waals surface area (Å²) >= 11 is 0. The zero-order chi connectivity index (χ0) is 14.1. The van der Waals surface area contributed by atoms with Crippen molar-refractivity contribution in [1.82, 2.24) is 19.5 Å². The van der Waals surface area contributed by atoms with E-state index in [1.165, 1.54) is 30.4 Å². The Morgan fingerprint density at radius 3 is 2.76 bits per heavy atom. The zero-order valence-electron chi connectivity index (χ0n) is 11.7. The lowest BCUT2D eigenvalue weighted by atomic mass is 9.94. The third-order valence-electron chi connectivity index (χ3n) is 3.97. The van der Waals surface area contributed by atoms with Crippen LogP contribution in [-0.4, -0.2) is 19.5 Å². The van der Waals surface area contributed by atoms with Crippen LogP contribution in [0.2, 0.25) is 0 Å². The molecule has 0 saturated carbocycles. The molecule has 3 heterocycles. The SMILES string of the molecule is C1=C(c2cnc3ccn(-c4ncccn4)c3c2)CCCC1. The largest absolute Gasteiger partial charge is 0.284 e. The molecule has 0 spiro atoms. The molecule has 0 radical (unpaired) electrons. The molecule has 0 saturated heterocycles. The second kappa shape index (κ2) is 5.13. The van der Waals surface area contributed by atoms with Gasteiger partial charge in [-0.15, -0.1) is 0 Å². The minimum atomic E-state index is 0.684. The molecule has 0 aliphatic heterocycles. The minimum Gasteiger partial charge on any atom is -0.284 e. The van der Waals surface area contributed by atoms with Gasteiger partial charge >= 0.3 is 0 Å². The summed E-state index contributed by atoms with van der Waals surface area (Å²) in [5.74, 6) is 0.684. The van der Waals surface area contributed by atoms with Gasteiger partial charge in [0.15, 0.2) is 0 Å². The molecule has 0 atom stereocenters. The van der Waals surface area contributed by atoms with Gasteiger partial charge < -0.3 is 0 Å². The van der Waals surface area contributed by atoms with Crippen LogP contribution < -0.4 is 0 Å². The van der Waals surface area contributed by atoms with Crippen LogP contribution in [0.1, 0.15) is 31.2 Å². The lowest BCUT2D eigenvalue weighted by molar-refractivity contribution is 0.742. The van der Waals surface area contributed by atoms with E-state index in [9.17, 15) is 0 Å². The summed E-state index contributed by atoms with van der Waals surface area (Å²) in [6, 6.07) is 6.03. The van der Waals surface area contributed by atoms with Gasteiger partial charge in [-0.1, -0.05) is 6.08 Å². The standard InChI is InChI=1S/C17H16N4/c1-2-5-13(6-3-1)14-11-16-15(20-12-14)7-10-21(16)17-18-8-4-9-19-17/h4-5,7-12H,1-3,6H2. The molecule has 4 heteroatoms. The van der Waals surface area contributed by atoms with E-state index in [1.54, 1.807) is 12.4 Å². The summed E-state index contributed by atoms with van der Waals surface area (Å²) < 4.78 is 2.00. The molecular weight excluding hydrogens is 260 g/mol. The fraction of sp³-hybridized carbons (Fsp3) is 0.235. The van der Waals surface area contributed by atoms with Crippen molar-refractivity contribution in [2.75, 3.05) is 0 Å². The number of nitrogens with zero attached hydrogens (tertiary/aromatic N) is 4. The van der Waals surface area contributed by atoms with E-state index in [-0.39, 0.29) is 0 Å². The molecule has 1 aliphatic carbocycles. The van der Waals surface area contributed by atoms with Gasteiger partial charge in [0.1, 0.15) is 0 Å². The van der Waals surface area contributed by atoms with Gasteiger partial charge in [0.2, 0.25) is 5.95 Å². The summed E-state index contributed by atoms with van der Waals surface area (Å²) in [6.07, 6.45) is 14.7. The molecule has 0 fully saturated rings. The van der Waals surface area contributed by atoms with Crippen molar-refractivity contribution in [3.8, 4) is 5.95 Å². The Hall–Kier alpha value is -2.49. The molecule has 4 rings (SSSR count). The van der Waals surface area contributed by atoms with E-state index in [1.807, 2.05) is 29.1 Å². The normalized spacial score (nSPS) is 15.1. The van der Waals surface area contributed by atoms with Crippen molar-refractivity contribution in [3.05, 3.63) is 54.6 Å². The molecule has 0 bridgehead atoms. The summed E-state index contributed by atoms with van der Waals surface area (Å²) in [7, 11) is 0. The number of hydrogen-bond donors (Lipinski definition) is 0. The van der Waals surface area contributed by atoms with E-state index in [4.69, 9.17) is 0 Å². The van der Waals surface area contributed by atoms with E-state index in [2.05, 4.69) is 27.1 Å². The highest BCUT2D eigenvalue weighted by molar-refractivity contribution is 5.81. The summed E-state index contributed by atoms with van der Waals surface area (Å²) in [4.78, 5) is 13.2. The van der Waals surface area contributed by atoms with E-state index in [0.29, 0.717) is 5.95 Å². The number of aromatic nitrogens is 4. The minimum absolute atomic E-state index is 0.684. The molecule has 21 heavy (non-hydrogen) atoms. The smallest absolute Gasteiger partial charge is 0.234 e. The first-order valence-corrected chi connectivity index (χ1v) is 7.36. The Balaban J connectivity index is 1.85. The molecule has 3 aromatic rings. The quantitative estimate of drug-likeness (QED) is 0.715. The topological polar surface area (TPSA) is 43.6 Å². The van der Waals surface area contributed by atoms with Gasteiger partial charge in [-0.25, -0.2) is 9.97 Å². The molecule has 0 unspecified atom stereocenters. The highest BCUT2D eigenvalue weighted by Crippen LogP contribution is 2.28. The highest BCUT2D eigenvalue weighted by atomic mass is 15.1. The Kier molecular flexibility index (Phi) is 2.99. The monoisotopic (exact) mass is 276 g/mol. The van der Waals surface area contributed by atoms with Crippen LogP contribution in [0.25, 0.3) is 22.6 Å². The predicted octanol–water partition coefficient (Wildman–Crippen LogP) is 3.77. The van der Waals surface area contributed by atoms with Gasteiger partial charge in [0, 0.05) is 24.8 Å². The van der Waals surface area contributed by atoms with Crippen LogP contribution in [0.3, 0.4) is 0 Å². The molecule has 0 N–H and O–H groups in total. The number of fused-ring (bicyclic) bond motifs is 1.